The highest BCUT2D eigenvalue weighted by Gasteiger charge is 2.29. The predicted molar refractivity (Wildman–Crippen MR) is 87.1 cm³/mol. The fourth-order valence-corrected chi connectivity index (χ4v) is 2.75. The quantitative estimate of drug-likeness (QED) is 0.457. The van der Waals surface area contributed by atoms with Gasteiger partial charge in [0.15, 0.2) is 0 Å². The largest absolute Gasteiger partial charge is 0.493 e. The van der Waals surface area contributed by atoms with Gasteiger partial charge in [-0.15, -0.1) is 0 Å². The zero-order chi connectivity index (χ0) is 15.2. The minimum absolute atomic E-state index is 0.240. The molecule has 0 bridgehead atoms. The number of benzene rings is 1. The number of carbonyl (C=O) groups excluding carboxylic acids is 1. The Kier molecular flexibility index (Phi) is 5.61. The molecule has 0 saturated carbocycles. The average Bonchev–Trinajstić information content (AvgIpc) is 2.89. The molecule has 3 N–H and O–H groups in total. The summed E-state index contributed by atoms with van der Waals surface area (Å²) in [4.78, 5) is 11.8. The summed E-state index contributed by atoms with van der Waals surface area (Å²) in [6.45, 7) is 2.86. The van der Waals surface area contributed by atoms with E-state index in [-0.39, 0.29) is 12.0 Å². The van der Waals surface area contributed by atoms with Gasteiger partial charge in [-0.05, 0) is 37.0 Å². The minimum atomic E-state index is -0.353. The number of ether oxygens (including phenoxy) is 2. The maximum Gasteiger partial charge on any atom is 0.328 e. The molecule has 0 saturated heterocycles. The van der Waals surface area contributed by atoms with Gasteiger partial charge < -0.3 is 20.5 Å². The van der Waals surface area contributed by atoms with Crippen LogP contribution in [0.15, 0.2) is 12.1 Å². The van der Waals surface area contributed by atoms with Crippen LogP contribution in [0.4, 0.5) is 11.4 Å². The highest BCUT2D eigenvalue weighted by atomic mass is 32.2. The molecule has 1 aromatic rings. The molecule has 116 valence electrons. The number of rotatable bonds is 7. The number of fused-ring (bicyclic) bond motifs is 1. The monoisotopic (exact) mass is 310 g/mol. The molecule has 1 aliphatic rings. The molecule has 0 radical (unpaired) electrons. The fraction of sp³-hybridized carbons (Fsp3) is 0.533. The first-order valence-electron chi connectivity index (χ1n) is 7.13. The number of thioether (sulfide) groups is 1. The summed E-state index contributed by atoms with van der Waals surface area (Å²) in [5, 5.41) is 3.13. The SMILES string of the molecule is CCOC(=O)C1Cc2cc(OCCCSC)cc(N)c2N1. The summed E-state index contributed by atoms with van der Waals surface area (Å²) in [5.41, 5.74) is 8.48. The van der Waals surface area contributed by atoms with E-state index in [0.717, 1.165) is 29.2 Å². The van der Waals surface area contributed by atoms with E-state index < -0.39 is 0 Å². The van der Waals surface area contributed by atoms with Gasteiger partial charge in [0.25, 0.3) is 0 Å². The number of esters is 1. The van der Waals surface area contributed by atoms with Crippen LogP contribution in [0.5, 0.6) is 5.75 Å². The van der Waals surface area contributed by atoms with Gasteiger partial charge in [-0.2, -0.15) is 11.8 Å². The lowest BCUT2D eigenvalue weighted by molar-refractivity contribution is -0.143. The Morgan fingerprint density at radius 1 is 1.52 bits per heavy atom. The topological polar surface area (TPSA) is 73.6 Å². The van der Waals surface area contributed by atoms with Gasteiger partial charge in [0, 0.05) is 12.5 Å². The number of hydrogen-bond acceptors (Lipinski definition) is 6. The molecule has 1 aromatic carbocycles. The van der Waals surface area contributed by atoms with Gasteiger partial charge >= 0.3 is 5.97 Å². The Labute approximate surface area is 129 Å². The first-order valence-corrected chi connectivity index (χ1v) is 8.52. The van der Waals surface area contributed by atoms with Gasteiger partial charge in [0.2, 0.25) is 0 Å². The van der Waals surface area contributed by atoms with Gasteiger partial charge in [-0.3, -0.25) is 0 Å². The zero-order valence-corrected chi connectivity index (χ0v) is 13.3. The smallest absolute Gasteiger partial charge is 0.328 e. The van der Waals surface area contributed by atoms with E-state index in [0.29, 0.717) is 25.3 Å². The van der Waals surface area contributed by atoms with Crippen LogP contribution >= 0.6 is 11.8 Å². The van der Waals surface area contributed by atoms with Crippen molar-refractivity contribution < 1.29 is 14.3 Å². The summed E-state index contributed by atoms with van der Waals surface area (Å²) in [6, 6.07) is 3.41. The summed E-state index contributed by atoms with van der Waals surface area (Å²) in [7, 11) is 0. The number of anilines is 2. The molecule has 6 heteroatoms. The van der Waals surface area contributed by atoms with Gasteiger partial charge in [0.1, 0.15) is 11.8 Å². The van der Waals surface area contributed by atoms with Gasteiger partial charge in [-0.25, -0.2) is 4.79 Å². The lowest BCUT2D eigenvalue weighted by Gasteiger charge is -2.11. The molecule has 1 heterocycles. The second kappa shape index (κ2) is 7.45. The molecule has 0 spiro atoms. The molecule has 21 heavy (non-hydrogen) atoms. The first kappa shape index (κ1) is 15.8. The van der Waals surface area contributed by atoms with Crippen molar-refractivity contribution in [2.75, 3.05) is 36.3 Å². The van der Waals surface area contributed by atoms with Crippen LogP contribution in [0.1, 0.15) is 18.9 Å². The normalized spacial score (nSPS) is 16.2. The third-order valence-corrected chi connectivity index (χ3v) is 4.00. The number of carbonyl (C=O) groups is 1. The number of nitrogen functional groups attached to an aromatic ring is 1. The Hall–Kier alpha value is -1.56. The van der Waals surface area contributed by atoms with E-state index in [1.165, 1.54) is 0 Å². The molecule has 0 aliphatic carbocycles. The van der Waals surface area contributed by atoms with E-state index in [1.807, 2.05) is 6.07 Å². The predicted octanol–water partition coefficient (Wildman–Crippen LogP) is 2.30. The third kappa shape index (κ3) is 3.97. The number of hydrogen-bond donors (Lipinski definition) is 2. The minimum Gasteiger partial charge on any atom is -0.493 e. The summed E-state index contributed by atoms with van der Waals surface area (Å²) in [5.74, 6) is 1.60. The van der Waals surface area contributed by atoms with Crippen LogP contribution in [-0.4, -0.2) is 37.2 Å². The molecule has 2 rings (SSSR count). The first-order chi connectivity index (χ1) is 10.2. The van der Waals surface area contributed by atoms with E-state index in [9.17, 15) is 4.79 Å². The van der Waals surface area contributed by atoms with Crippen molar-refractivity contribution in [2.45, 2.75) is 25.8 Å². The Balaban J connectivity index is 2.01. The Bertz CT molecular complexity index is 508. The Morgan fingerprint density at radius 3 is 3.05 bits per heavy atom. The summed E-state index contributed by atoms with van der Waals surface area (Å²) >= 11 is 1.80. The van der Waals surface area contributed by atoms with Crippen LogP contribution in [0.2, 0.25) is 0 Å². The van der Waals surface area contributed by atoms with Crippen molar-refractivity contribution in [3.05, 3.63) is 17.7 Å². The van der Waals surface area contributed by atoms with E-state index in [1.54, 1.807) is 24.8 Å². The molecule has 0 fully saturated rings. The number of nitrogens with one attached hydrogen (secondary N) is 1. The fourth-order valence-electron chi connectivity index (χ4n) is 2.34. The third-order valence-electron chi connectivity index (χ3n) is 3.30. The van der Waals surface area contributed by atoms with Crippen LogP contribution in [0, 0.1) is 0 Å². The van der Waals surface area contributed by atoms with Gasteiger partial charge in [-0.1, -0.05) is 0 Å². The van der Waals surface area contributed by atoms with Gasteiger partial charge in [0.05, 0.1) is 24.6 Å². The van der Waals surface area contributed by atoms with Crippen LogP contribution in [0.3, 0.4) is 0 Å². The van der Waals surface area contributed by atoms with Crippen LogP contribution in [0.25, 0.3) is 0 Å². The van der Waals surface area contributed by atoms with Crippen molar-refractivity contribution >= 4 is 29.1 Å². The van der Waals surface area contributed by atoms with Crippen LogP contribution < -0.4 is 15.8 Å². The number of nitrogens with two attached hydrogens (primary N) is 1. The van der Waals surface area contributed by atoms with Crippen molar-refractivity contribution in [3.8, 4) is 5.75 Å². The van der Waals surface area contributed by atoms with Crippen molar-refractivity contribution in [1.82, 2.24) is 0 Å². The molecule has 1 atom stereocenters. The maximum atomic E-state index is 11.8. The zero-order valence-electron chi connectivity index (χ0n) is 12.5. The summed E-state index contributed by atoms with van der Waals surface area (Å²) < 4.78 is 10.8. The maximum absolute atomic E-state index is 11.8. The molecule has 1 aliphatic heterocycles. The molecular weight excluding hydrogens is 288 g/mol. The van der Waals surface area contributed by atoms with E-state index >= 15 is 0 Å². The van der Waals surface area contributed by atoms with E-state index in [2.05, 4.69) is 11.6 Å². The molecule has 1 unspecified atom stereocenters. The van der Waals surface area contributed by atoms with E-state index in [4.69, 9.17) is 15.2 Å². The second-order valence-electron chi connectivity index (χ2n) is 4.89. The lowest BCUT2D eigenvalue weighted by atomic mass is 10.1. The highest BCUT2D eigenvalue weighted by Crippen LogP contribution is 2.35. The van der Waals surface area contributed by atoms with Crippen molar-refractivity contribution in [1.29, 1.82) is 0 Å². The van der Waals surface area contributed by atoms with Crippen molar-refractivity contribution in [3.63, 3.8) is 0 Å². The summed E-state index contributed by atoms with van der Waals surface area (Å²) in [6.07, 6.45) is 3.66. The highest BCUT2D eigenvalue weighted by molar-refractivity contribution is 7.98. The molecule has 0 aromatic heterocycles. The van der Waals surface area contributed by atoms with Crippen LogP contribution in [-0.2, 0) is 16.0 Å². The lowest BCUT2D eigenvalue weighted by Crippen LogP contribution is -2.29. The average molecular weight is 310 g/mol. The molecule has 5 nitrogen and oxygen atoms in total. The van der Waals surface area contributed by atoms with Crippen molar-refractivity contribution in [2.24, 2.45) is 0 Å². The second-order valence-corrected chi connectivity index (χ2v) is 5.88. The Morgan fingerprint density at radius 2 is 2.33 bits per heavy atom. The molecule has 0 amide bonds. The molecular formula is C15H22N2O3S. The standard InChI is InChI=1S/C15H22N2O3S/c1-3-19-15(18)13-8-10-7-11(20-5-4-6-21-2)9-12(16)14(10)17-13/h7,9,13,17H,3-6,8,16H2,1-2H3.